The van der Waals surface area contributed by atoms with Gasteiger partial charge in [0.05, 0.1) is 5.25 Å². The molecule has 2 nitrogen and oxygen atoms in total. The molecule has 24 heavy (non-hydrogen) atoms. The van der Waals surface area contributed by atoms with Gasteiger partial charge < -0.3 is 5.32 Å². The van der Waals surface area contributed by atoms with E-state index < -0.39 is 0 Å². The Hall–Kier alpha value is -1.45. The van der Waals surface area contributed by atoms with Gasteiger partial charge >= 0.3 is 0 Å². The fourth-order valence-corrected chi connectivity index (χ4v) is 4.73. The second kappa shape index (κ2) is 7.20. The molecule has 3 rings (SSSR count). The van der Waals surface area contributed by atoms with Crippen molar-refractivity contribution < 1.29 is 4.79 Å². The smallest absolute Gasteiger partial charge is 0.238 e. The van der Waals surface area contributed by atoms with Crippen LogP contribution in [-0.4, -0.2) is 11.2 Å². The SMILES string of the molecule is CCc1ccc(Cl)c(CC)c1NC(=O)C1Cc2ccc(C)cc2S1. The van der Waals surface area contributed by atoms with Gasteiger partial charge in [-0.15, -0.1) is 11.8 Å². The molecule has 0 saturated heterocycles. The number of amides is 1. The maximum atomic E-state index is 12.8. The van der Waals surface area contributed by atoms with Crippen LogP contribution in [0.25, 0.3) is 0 Å². The van der Waals surface area contributed by atoms with Crippen molar-refractivity contribution in [2.45, 2.75) is 50.2 Å². The summed E-state index contributed by atoms with van der Waals surface area (Å²) in [6, 6.07) is 10.4. The van der Waals surface area contributed by atoms with Gasteiger partial charge in [-0.2, -0.15) is 0 Å². The molecule has 0 fully saturated rings. The third-order valence-electron chi connectivity index (χ3n) is 4.51. The standard InChI is InChI=1S/C20H22ClNOS/c1-4-13-8-9-16(21)15(5-2)19(13)22-20(23)18-11-14-7-6-12(3)10-17(14)24-18/h6-10,18H,4-5,11H2,1-3H3,(H,22,23). The summed E-state index contributed by atoms with van der Waals surface area (Å²) in [5.74, 6) is 0.0699. The number of fused-ring (bicyclic) bond motifs is 1. The van der Waals surface area contributed by atoms with Crippen molar-refractivity contribution in [2.24, 2.45) is 0 Å². The number of hydrogen-bond donors (Lipinski definition) is 1. The predicted octanol–water partition coefficient (Wildman–Crippen LogP) is 5.43. The number of halogens is 1. The first-order chi connectivity index (χ1) is 11.5. The van der Waals surface area contributed by atoms with Crippen LogP contribution >= 0.6 is 23.4 Å². The van der Waals surface area contributed by atoms with Crippen LogP contribution in [0.3, 0.4) is 0 Å². The summed E-state index contributed by atoms with van der Waals surface area (Å²) in [6.45, 7) is 6.25. The molecule has 1 aliphatic rings. The molecule has 0 aromatic heterocycles. The van der Waals surface area contributed by atoms with Crippen LogP contribution < -0.4 is 5.32 Å². The molecule has 1 heterocycles. The predicted molar refractivity (Wildman–Crippen MR) is 103 cm³/mol. The van der Waals surface area contributed by atoms with Crippen molar-refractivity contribution in [1.29, 1.82) is 0 Å². The Bertz CT molecular complexity index is 787. The molecule has 1 unspecified atom stereocenters. The molecule has 2 aromatic rings. The molecule has 0 aliphatic carbocycles. The zero-order valence-corrected chi connectivity index (χ0v) is 15.9. The first-order valence-electron chi connectivity index (χ1n) is 8.40. The van der Waals surface area contributed by atoms with E-state index in [1.807, 2.05) is 12.1 Å². The Kier molecular flexibility index (Phi) is 5.21. The van der Waals surface area contributed by atoms with Crippen molar-refractivity contribution in [1.82, 2.24) is 0 Å². The van der Waals surface area contributed by atoms with Gasteiger partial charge in [0, 0.05) is 15.6 Å². The van der Waals surface area contributed by atoms with Crippen LogP contribution in [-0.2, 0) is 24.1 Å². The summed E-state index contributed by atoms with van der Waals surface area (Å²) in [5.41, 5.74) is 5.58. The van der Waals surface area contributed by atoms with Crippen LogP contribution in [0.5, 0.6) is 0 Å². The third-order valence-corrected chi connectivity index (χ3v) is 6.17. The highest BCUT2D eigenvalue weighted by Crippen LogP contribution is 2.38. The summed E-state index contributed by atoms with van der Waals surface area (Å²) >= 11 is 8.00. The van der Waals surface area contributed by atoms with Crippen molar-refractivity contribution in [3.8, 4) is 0 Å². The Labute approximate surface area is 153 Å². The molecule has 1 amide bonds. The van der Waals surface area contributed by atoms with Gasteiger partial charge in [0.15, 0.2) is 0 Å². The van der Waals surface area contributed by atoms with Crippen LogP contribution in [0.4, 0.5) is 5.69 Å². The second-order valence-corrected chi connectivity index (χ2v) is 7.83. The zero-order chi connectivity index (χ0) is 17.3. The highest BCUT2D eigenvalue weighted by molar-refractivity contribution is 8.01. The van der Waals surface area contributed by atoms with E-state index >= 15 is 0 Å². The highest BCUT2D eigenvalue weighted by atomic mass is 35.5. The lowest BCUT2D eigenvalue weighted by atomic mass is 10.0. The van der Waals surface area contributed by atoms with Crippen LogP contribution in [0.2, 0.25) is 5.02 Å². The minimum atomic E-state index is -0.0739. The summed E-state index contributed by atoms with van der Waals surface area (Å²) < 4.78 is 0. The number of carbonyl (C=O) groups excluding carboxylic acids is 1. The maximum Gasteiger partial charge on any atom is 0.238 e. The maximum absolute atomic E-state index is 12.8. The van der Waals surface area contributed by atoms with E-state index in [1.54, 1.807) is 11.8 Å². The van der Waals surface area contributed by atoms with E-state index in [2.05, 4.69) is 44.3 Å². The van der Waals surface area contributed by atoms with E-state index in [-0.39, 0.29) is 11.2 Å². The Morgan fingerprint density at radius 1 is 1.25 bits per heavy atom. The minimum absolute atomic E-state index is 0.0699. The van der Waals surface area contributed by atoms with E-state index in [9.17, 15) is 4.79 Å². The van der Waals surface area contributed by atoms with E-state index in [0.29, 0.717) is 0 Å². The van der Waals surface area contributed by atoms with Crippen molar-refractivity contribution in [2.75, 3.05) is 5.32 Å². The topological polar surface area (TPSA) is 29.1 Å². The lowest BCUT2D eigenvalue weighted by Gasteiger charge is -2.17. The van der Waals surface area contributed by atoms with Crippen molar-refractivity contribution >= 4 is 35.0 Å². The fourth-order valence-electron chi connectivity index (χ4n) is 3.15. The van der Waals surface area contributed by atoms with Gasteiger partial charge in [0.25, 0.3) is 0 Å². The molecular formula is C20H22ClNOS. The third kappa shape index (κ3) is 3.33. The molecular weight excluding hydrogens is 338 g/mol. The number of carbonyl (C=O) groups is 1. The van der Waals surface area contributed by atoms with Gasteiger partial charge in [-0.1, -0.05) is 49.2 Å². The van der Waals surface area contributed by atoms with E-state index in [0.717, 1.165) is 41.1 Å². The van der Waals surface area contributed by atoms with Crippen molar-refractivity contribution in [3.05, 3.63) is 57.6 Å². The first-order valence-corrected chi connectivity index (χ1v) is 9.66. The summed E-state index contributed by atoms with van der Waals surface area (Å²) in [6.07, 6.45) is 2.46. The number of benzene rings is 2. The summed E-state index contributed by atoms with van der Waals surface area (Å²) in [7, 11) is 0. The average Bonchev–Trinajstić information content (AvgIpc) is 2.98. The number of rotatable bonds is 4. The largest absolute Gasteiger partial charge is 0.325 e. The molecule has 2 aromatic carbocycles. The number of nitrogens with one attached hydrogen (secondary N) is 1. The summed E-state index contributed by atoms with van der Waals surface area (Å²) in [4.78, 5) is 14.1. The molecule has 0 radical (unpaired) electrons. The Balaban J connectivity index is 1.83. The number of hydrogen-bond acceptors (Lipinski definition) is 2. The molecule has 4 heteroatoms. The Morgan fingerprint density at radius 3 is 2.75 bits per heavy atom. The number of aryl methyl sites for hydroxylation is 2. The molecule has 126 valence electrons. The van der Waals surface area contributed by atoms with Gasteiger partial charge in [0.2, 0.25) is 5.91 Å². The quantitative estimate of drug-likeness (QED) is 0.788. The second-order valence-electron chi connectivity index (χ2n) is 6.18. The van der Waals surface area contributed by atoms with Gasteiger partial charge in [-0.05, 0) is 55.0 Å². The first kappa shape index (κ1) is 17.4. The molecule has 0 bridgehead atoms. The van der Waals surface area contributed by atoms with Gasteiger partial charge in [-0.25, -0.2) is 0 Å². The fraction of sp³-hybridized carbons (Fsp3) is 0.350. The highest BCUT2D eigenvalue weighted by Gasteiger charge is 2.29. The van der Waals surface area contributed by atoms with Crippen molar-refractivity contribution in [3.63, 3.8) is 0 Å². The molecule has 0 spiro atoms. The summed E-state index contributed by atoms with van der Waals surface area (Å²) in [5, 5.41) is 3.82. The zero-order valence-electron chi connectivity index (χ0n) is 14.3. The molecule has 1 N–H and O–H groups in total. The van der Waals surface area contributed by atoms with Crippen LogP contribution in [0.15, 0.2) is 35.2 Å². The number of thioether (sulfide) groups is 1. The van der Waals surface area contributed by atoms with E-state index in [4.69, 9.17) is 11.6 Å². The molecule has 0 saturated carbocycles. The lowest BCUT2D eigenvalue weighted by Crippen LogP contribution is -2.26. The monoisotopic (exact) mass is 359 g/mol. The normalized spacial score (nSPS) is 16.1. The minimum Gasteiger partial charge on any atom is -0.325 e. The van der Waals surface area contributed by atoms with Gasteiger partial charge in [-0.3, -0.25) is 4.79 Å². The molecule has 1 aliphatic heterocycles. The molecule has 1 atom stereocenters. The van der Waals surface area contributed by atoms with Crippen LogP contribution in [0, 0.1) is 6.92 Å². The van der Waals surface area contributed by atoms with Crippen LogP contribution in [0.1, 0.15) is 36.1 Å². The average molecular weight is 360 g/mol. The lowest BCUT2D eigenvalue weighted by molar-refractivity contribution is -0.115. The Morgan fingerprint density at radius 2 is 2.04 bits per heavy atom. The van der Waals surface area contributed by atoms with Gasteiger partial charge in [0.1, 0.15) is 0 Å². The van der Waals surface area contributed by atoms with E-state index in [1.165, 1.54) is 16.0 Å². The number of anilines is 1.